The molecule has 3 rings (SSSR count). The molecule has 1 aliphatic rings. The average molecular weight is 465 g/mol. The van der Waals surface area contributed by atoms with Crippen LogP contribution in [0.2, 0.25) is 5.02 Å². The second-order valence-corrected chi connectivity index (χ2v) is 7.13. The molecule has 0 atom stereocenters. The third kappa shape index (κ3) is 6.64. The minimum Gasteiger partial charge on any atom is -0.496 e. The molecule has 9 heteroatoms. The van der Waals surface area contributed by atoms with Crippen LogP contribution in [0.3, 0.4) is 0 Å². The molecule has 0 aliphatic carbocycles. The summed E-state index contributed by atoms with van der Waals surface area (Å²) in [6.07, 6.45) is 1.69. The van der Waals surface area contributed by atoms with Gasteiger partial charge in [0, 0.05) is 31.7 Å². The molecule has 0 aromatic heterocycles. The molecule has 29 heavy (non-hydrogen) atoms. The van der Waals surface area contributed by atoms with E-state index in [0.29, 0.717) is 22.0 Å². The van der Waals surface area contributed by atoms with E-state index in [4.69, 9.17) is 22.1 Å². The average Bonchev–Trinajstić information content (AvgIpc) is 2.67. The van der Waals surface area contributed by atoms with Crippen LogP contribution in [0, 0.1) is 5.82 Å². The number of anilines is 1. The number of carbonyl (C=O) groups is 1. The van der Waals surface area contributed by atoms with E-state index >= 15 is 0 Å². The summed E-state index contributed by atoms with van der Waals surface area (Å²) in [6.45, 7) is 2.51. The van der Waals surface area contributed by atoms with Gasteiger partial charge in [0.2, 0.25) is 0 Å². The number of nitrogens with one attached hydrogen (secondary N) is 1. The van der Waals surface area contributed by atoms with Crippen molar-refractivity contribution < 1.29 is 13.9 Å². The summed E-state index contributed by atoms with van der Waals surface area (Å²) in [5.74, 6) is -0.0350. The molecule has 0 bridgehead atoms. The van der Waals surface area contributed by atoms with Gasteiger partial charge in [-0.3, -0.25) is 9.69 Å². The van der Waals surface area contributed by atoms with Gasteiger partial charge in [0.05, 0.1) is 23.4 Å². The number of nitrogens with zero attached hydrogens (tertiary/aromatic N) is 1. The van der Waals surface area contributed by atoms with Crippen molar-refractivity contribution in [1.29, 1.82) is 0 Å². The van der Waals surface area contributed by atoms with Crippen LogP contribution < -0.4 is 15.8 Å². The fraction of sp³-hybridized carbons (Fsp3) is 0.350. The Balaban J connectivity index is 0.00000210. The number of halogens is 4. The maximum Gasteiger partial charge on any atom is 0.255 e. The van der Waals surface area contributed by atoms with Crippen LogP contribution in [0.25, 0.3) is 0 Å². The van der Waals surface area contributed by atoms with Crippen molar-refractivity contribution in [2.45, 2.75) is 25.4 Å². The van der Waals surface area contributed by atoms with Gasteiger partial charge in [0.25, 0.3) is 5.91 Å². The molecule has 5 nitrogen and oxygen atoms in total. The molecule has 0 unspecified atom stereocenters. The van der Waals surface area contributed by atoms with E-state index in [2.05, 4.69) is 10.2 Å². The summed E-state index contributed by atoms with van der Waals surface area (Å²) >= 11 is 6.04. The van der Waals surface area contributed by atoms with Gasteiger partial charge in [-0.15, -0.1) is 24.8 Å². The van der Waals surface area contributed by atoms with Gasteiger partial charge in [-0.05, 0) is 36.6 Å². The number of nitrogens with two attached hydrogens (primary N) is 1. The quantitative estimate of drug-likeness (QED) is 0.647. The lowest BCUT2D eigenvalue weighted by Gasteiger charge is -2.32. The molecular weight excluding hydrogens is 440 g/mol. The van der Waals surface area contributed by atoms with E-state index in [9.17, 15) is 9.18 Å². The Kier molecular flexibility index (Phi) is 10.00. The molecule has 0 saturated carbocycles. The molecule has 1 fully saturated rings. The topological polar surface area (TPSA) is 67.6 Å². The third-order valence-corrected chi connectivity index (χ3v) is 5.13. The van der Waals surface area contributed by atoms with Crippen molar-refractivity contribution >= 4 is 48.0 Å². The Labute approximate surface area is 187 Å². The number of hydrogen-bond donors (Lipinski definition) is 2. The van der Waals surface area contributed by atoms with Crippen LogP contribution in [-0.4, -0.2) is 37.0 Å². The zero-order chi connectivity index (χ0) is 19.4. The van der Waals surface area contributed by atoms with Crippen LogP contribution in [-0.2, 0) is 6.54 Å². The number of nitrogen functional groups attached to an aromatic ring is 1. The zero-order valence-electron chi connectivity index (χ0n) is 16.0. The van der Waals surface area contributed by atoms with Crippen molar-refractivity contribution in [3.8, 4) is 5.75 Å². The van der Waals surface area contributed by atoms with Gasteiger partial charge >= 0.3 is 0 Å². The van der Waals surface area contributed by atoms with Crippen LogP contribution >= 0.6 is 36.4 Å². The van der Waals surface area contributed by atoms with E-state index in [1.165, 1.54) is 25.3 Å². The summed E-state index contributed by atoms with van der Waals surface area (Å²) in [7, 11) is 1.49. The molecule has 160 valence electrons. The maximum atomic E-state index is 13.0. The molecule has 2 aromatic carbocycles. The zero-order valence-corrected chi connectivity index (χ0v) is 18.4. The van der Waals surface area contributed by atoms with Crippen LogP contribution in [0.5, 0.6) is 5.75 Å². The first kappa shape index (κ1) is 25.3. The monoisotopic (exact) mass is 463 g/mol. The number of piperidine rings is 1. The van der Waals surface area contributed by atoms with Gasteiger partial charge in [-0.2, -0.15) is 0 Å². The molecule has 1 aliphatic heterocycles. The number of carbonyl (C=O) groups excluding carboxylic acids is 1. The Hall–Kier alpha value is -1.73. The number of methoxy groups -OCH3 is 1. The Bertz CT molecular complexity index is 813. The molecule has 1 saturated heterocycles. The van der Waals surface area contributed by atoms with E-state index in [1.54, 1.807) is 18.2 Å². The normalized spacial score (nSPS) is 14.4. The van der Waals surface area contributed by atoms with Crippen molar-refractivity contribution in [2.24, 2.45) is 0 Å². The fourth-order valence-electron chi connectivity index (χ4n) is 3.26. The summed E-state index contributed by atoms with van der Waals surface area (Å²) in [6, 6.07) is 9.75. The molecule has 0 spiro atoms. The second kappa shape index (κ2) is 11.5. The Morgan fingerprint density at radius 2 is 1.86 bits per heavy atom. The van der Waals surface area contributed by atoms with Gasteiger partial charge in [-0.1, -0.05) is 23.7 Å². The van der Waals surface area contributed by atoms with Gasteiger partial charge < -0.3 is 15.8 Å². The second-order valence-electron chi connectivity index (χ2n) is 6.72. The maximum absolute atomic E-state index is 13.0. The van der Waals surface area contributed by atoms with Crippen LogP contribution in [0.15, 0.2) is 36.4 Å². The fourth-order valence-corrected chi connectivity index (χ4v) is 3.43. The van der Waals surface area contributed by atoms with Crippen molar-refractivity contribution in [1.82, 2.24) is 10.2 Å². The molecule has 2 aromatic rings. The van der Waals surface area contributed by atoms with Gasteiger partial charge in [0.1, 0.15) is 11.6 Å². The highest BCUT2D eigenvalue weighted by Gasteiger charge is 2.23. The first-order valence-electron chi connectivity index (χ1n) is 8.87. The lowest BCUT2D eigenvalue weighted by atomic mass is 10.0. The number of benzene rings is 2. The van der Waals surface area contributed by atoms with Crippen molar-refractivity contribution in [3.05, 3.63) is 58.4 Å². The first-order valence-corrected chi connectivity index (χ1v) is 9.24. The number of amides is 1. The van der Waals surface area contributed by atoms with E-state index in [1.807, 2.05) is 0 Å². The predicted molar refractivity (Wildman–Crippen MR) is 119 cm³/mol. The number of rotatable bonds is 5. The van der Waals surface area contributed by atoms with Gasteiger partial charge in [-0.25, -0.2) is 4.39 Å². The van der Waals surface area contributed by atoms with E-state index in [-0.39, 0.29) is 42.6 Å². The Morgan fingerprint density at radius 3 is 2.45 bits per heavy atom. The standard InChI is InChI=1S/C20H23ClFN3O2.2ClH/c1-27-19-11-18(23)17(21)10-16(19)20(26)24-15-6-8-25(9-7-15)12-13-2-4-14(22)5-3-13;;/h2-5,10-11,15H,6-9,12,23H2,1H3,(H,24,26);2*1H. The number of likely N-dealkylation sites (tertiary alicyclic amines) is 1. The molecule has 1 heterocycles. The summed E-state index contributed by atoms with van der Waals surface area (Å²) in [5.41, 5.74) is 7.60. The van der Waals surface area contributed by atoms with E-state index in [0.717, 1.165) is 38.0 Å². The van der Waals surface area contributed by atoms with Crippen molar-refractivity contribution in [2.75, 3.05) is 25.9 Å². The number of hydrogen-bond acceptors (Lipinski definition) is 4. The van der Waals surface area contributed by atoms with Crippen LogP contribution in [0.1, 0.15) is 28.8 Å². The first-order chi connectivity index (χ1) is 13.0. The predicted octanol–water partition coefficient (Wildman–Crippen LogP) is 4.31. The number of ether oxygens (including phenoxy) is 1. The minimum absolute atomic E-state index is 0. The molecule has 3 N–H and O–H groups in total. The summed E-state index contributed by atoms with van der Waals surface area (Å²) < 4.78 is 18.2. The third-order valence-electron chi connectivity index (χ3n) is 4.81. The highest BCUT2D eigenvalue weighted by molar-refractivity contribution is 6.33. The SMILES string of the molecule is COc1cc(N)c(Cl)cc1C(=O)NC1CCN(Cc2ccc(F)cc2)CC1.Cl.Cl. The summed E-state index contributed by atoms with van der Waals surface area (Å²) in [4.78, 5) is 14.9. The molecule has 0 radical (unpaired) electrons. The smallest absolute Gasteiger partial charge is 0.255 e. The lowest BCUT2D eigenvalue weighted by Crippen LogP contribution is -2.44. The van der Waals surface area contributed by atoms with Crippen molar-refractivity contribution in [3.63, 3.8) is 0 Å². The van der Waals surface area contributed by atoms with E-state index < -0.39 is 0 Å². The largest absolute Gasteiger partial charge is 0.496 e. The molecule has 1 amide bonds. The lowest BCUT2D eigenvalue weighted by molar-refractivity contribution is 0.0906. The Morgan fingerprint density at radius 1 is 1.24 bits per heavy atom. The minimum atomic E-state index is -0.224. The highest BCUT2D eigenvalue weighted by Crippen LogP contribution is 2.29. The van der Waals surface area contributed by atoms with Crippen LogP contribution in [0.4, 0.5) is 10.1 Å². The van der Waals surface area contributed by atoms with Gasteiger partial charge in [0.15, 0.2) is 0 Å². The highest BCUT2D eigenvalue weighted by atomic mass is 35.5. The molecular formula is C20H25Cl3FN3O2. The summed E-state index contributed by atoms with van der Waals surface area (Å²) in [5, 5.41) is 3.38.